The maximum Gasteiger partial charge on any atom is 0.266 e. The first-order valence-corrected chi connectivity index (χ1v) is 7.60. The number of primary amides is 1. The lowest BCUT2D eigenvalue weighted by Gasteiger charge is -2.07. The molecule has 1 aromatic carbocycles. The number of carbonyl (C=O) groups is 1. The lowest BCUT2D eigenvalue weighted by Crippen LogP contribution is -2.12. The molecule has 0 unspecified atom stereocenters. The quantitative estimate of drug-likeness (QED) is 0.775. The van der Waals surface area contributed by atoms with Crippen LogP contribution in [0.4, 0.5) is 0 Å². The summed E-state index contributed by atoms with van der Waals surface area (Å²) in [6.07, 6.45) is 0. The second kappa shape index (κ2) is 5.22. The fraction of sp³-hybridized carbons (Fsp3) is 0.0714. The molecule has 2 aromatic heterocycles. The van der Waals surface area contributed by atoms with Crippen molar-refractivity contribution in [3.63, 3.8) is 0 Å². The summed E-state index contributed by atoms with van der Waals surface area (Å²) in [5.74, 6) is 0.324. The van der Waals surface area contributed by atoms with E-state index in [1.165, 1.54) is 11.8 Å². The highest BCUT2D eigenvalue weighted by atomic mass is 32.2. The fourth-order valence-corrected chi connectivity index (χ4v) is 4.11. The van der Waals surface area contributed by atoms with E-state index in [1.807, 2.05) is 35.7 Å². The predicted molar refractivity (Wildman–Crippen MR) is 81.8 cm³/mol. The Labute approximate surface area is 123 Å². The largest absolute Gasteiger partial charge is 0.496 e. The third-order valence-electron chi connectivity index (χ3n) is 2.89. The minimum absolute atomic E-state index is 0.447. The number of rotatable bonds is 4. The molecule has 3 aromatic rings. The predicted octanol–water partition coefficient (Wildman–Crippen LogP) is 3.49. The average molecular weight is 304 g/mol. The first kappa shape index (κ1) is 13.1. The minimum atomic E-state index is -0.453. The summed E-state index contributed by atoms with van der Waals surface area (Å²) >= 11 is 3.07. The van der Waals surface area contributed by atoms with Gasteiger partial charge in [0.2, 0.25) is 0 Å². The van der Waals surface area contributed by atoms with Crippen LogP contribution in [0.3, 0.4) is 0 Å². The average Bonchev–Trinajstić information content (AvgIpc) is 3.02. The van der Waals surface area contributed by atoms with E-state index in [9.17, 15) is 4.79 Å². The number of fused-ring (bicyclic) bond motifs is 1. The van der Waals surface area contributed by atoms with Gasteiger partial charge in [-0.1, -0.05) is 23.9 Å². The normalized spacial score (nSPS) is 10.8. The van der Waals surface area contributed by atoms with Gasteiger partial charge < -0.3 is 15.5 Å². The number of hydrogen-bond acceptors (Lipinski definition) is 4. The second-order valence-corrected chi connectivity index (χ2v) is 6.08. The van der Waals surface area contributed by atoms with Gasteiger partial charge in [0.25, 0.3) is 5.91 Å². The Balaban J connectivity index is 2.11. The fourth-order valence-electron chi connectivity index (χ4n) is 1.97. The molecule has 2 heterocycles. The van der Waals surface area contributed by atoms with E-state index in [0.29, 0.717) is 5.69 Å². The Kier molecular flexibility index (Phi) is 3.42. The van der Waals surface area contributed by atoms with Crippen LogP contribution >= 0.6 is 23.1 Å². The molecule has 0 spiro atoms. The van der Waals surface area contributed by atoms with E-state index >= 15 is 0 Å². The number of carbonyl (C=O) groups excluding carboxylic acids is 1. The van der Waals surface area contributed by atoms with Crippen molar-refractivity contribution in [2.45, 2.75) is 9.79 Å². The standard InChI is InChI=1S/C14H12N2O2S2/c1-18-9-4-2-3-5-10(9)20-13-11(14(15)17)16-8-6-7-19-12(8)13/h2-7,16H,1H3,(H2,15,17). The van der Waals surface area contributed by atoms with Crippen molar-refractivity contribution in [2.24, 2.45) is 5.73 Å². The highest BCUT2D eigenvalue weighted by Crippen LogP contribution is 2.42. The third kappa shape index (κ3) is 2.17. The zero-order valence-corrected chi connectivity index (χ0v) is 12.3. The number of benzene rings is 1. The van der Waals surface area contributed by atoms with Crippen molar-refractivity contribution in [1.82, 2.24) is 4.98 Å². The molecule has 4 nitrogen and oxygen atoms in total. The number of para-hydroxylation sites is 1. The number of amides is 1. The van der Waals surface area contributed by atoms with Crippen LogP contribution in [-0.2, 0) is 0 Å². The summed E-state index contributed by atoms with van der Waals surface area (Å²) < 4.78 is 6.38. The van der Waals surface area contributed by atoms with Crippen molar-refractivity contribution < 1.29 is 9.53 Å². The number of methoxy groups -OCH3 is 1. The maximum absolute atomic E-state index is 11.6. The molecule has 0 fully saturated rings. The number of aromatic nitrogens is 1. The summed E-state index contributed by atoms with van der Waals surface area (Å²) in [6.45, 7) is 0. The van der Waals surface area contributed by atoms with Crippen LogP contribution < -0.4 is 10.5 Å². The minimum Gasteiger partial charge on any atom is -0.496 e. The van der Waals surface area contributed by atoms with Crippen LogP contribution in [0.5, 0.6) is 5.75 Å². The number of nitrogens with two attached hydrogens (primary N) is 1. The van der Waals surface area contributed by atoms with Gasteiger partial charge in [0.05, 0.1) is 27.1 Å². The highest BCUT2D eigenvalue weighted by molar-refractivity contribution is 8.00. The Morgan fingerprint density at radius 2 is 2.15 bits per heavy atom. The highest BCUT2D eigenvalue weighted by Gasteiger charge is 2.19. The van der Waals surface area contributed by atoms with Crippen molar-refractivity contribution in [2.75, 3.05) is 7.11 Å². The molecular weight excluding hydrogens is 292 g/mol. The Bertz CT molecular complexity index is 776. The molecule has 0 aliphatic rings. The van der Waals surface area contributed by atoms with Gasteiger partial charge in [0, 0.05) is 0 Å². The van der Waals surface area contributed by atoms with Crippen LogP contribution in [0, 0.1) is 0 Å². The van der Waals surface area contributed by atoms with Gasteiger partial charge in [-0.15, -0.1) is 11.3 Å². The van der Waals surface area contributed by atoms with Gasteiger partial charge in [-0.05, 0) is 23.6 Å². The van der Waals surface area contributed by atoms with E-state index < -0.39 is 5.91 Å². The number of nitrogens with one attached hydrogen (secondary N) is 1. The molecular formula is C14H12N2O2S2. The van der Waals surface area contributed by atoms with Crippen LogP contribution in [-0.4, -0.2) is 18.0 Å². The van der Waals surface area contributed by atoms with Crippen LogP contribution in [0.1, 0.15) is 10.5 Å². The zero-order chi connectivity index (χ0) is 14.1. The first-order chi connectivity index (χ1) is 9.70. The number of thiophene rings is 1. The van der Waals surface area contributed by atoms with Crippen LogP contribution in [0.2, 0.25) is 0 Å². The van der Waals surface area contributed by atoms with Gasteiger partial charge in [-0.3, -0.25) is 4.79 Å². The zero-order valence-electron chi connectivity index (χ0n) is 10.7. The molecule has 0 atom stereocenters. The maximum atomic E-state index is 11.6. The van der Waals surface area contributed by atoms with E-state index in [0.717, 1.165) is 25.8 Å². The second-order valence-electron chi connectivity index (χ2n) is 4.11. The SMILES string of the molecule is COc1ccccc1Sc1c(C(N)=O)[nH]c2ccsc12. The summed E-state index contributed by atoms with van der Waals surface area (Å²) in [7, 11) is 1.63. The summed E-state index contributed by atoms with van der Waals surface area (Å²) in [4.78, 5) is 16.5. The Morgan fingerprint density at radius 1 is 1.35 bits per heavy atom. The molecule has 3 rings (SSSR count). The molecule has 3 N–H and O–H groups in total. The molecule has 6 heteroatoms. The molecule has 20 heavy (non-hydrogen) atoms. The number of H-pyrrole nitrogens is 1. The Hall–Kier alpha value is -1.92. The van der Waals surface area contributed by atoms with Gasteiger partial charge >= 0.3 is 0 Å². The topological polar surface area (TPSA) is 68.1 Å². The lowest BCUT2D eigenvalue weighted by molar-refractivity contribution is 0.0993. The first-order valence-electron chi connectivity index (χ1n) is 5.90. The lowest BCUT2D eigenvalue weighted by atomic mass is 10.3. The third-order valence-corrected chi connectivity index (χ3v) is 5.12. The van der Waals surface area contributed by atoms with Crippen molar-refractivity contribution >= 4 is 39.2 Å². The monoisotopic (exact) mass is 304 g/mol. The molecule has 102 valence electrons. The van der Waals surface area contributed by atoms with Crippen molar-refractivity contribution in [3.05, 3.63) is 41.4 Å². The van der Waals surface area contributed by atoms with E-state index in [2.05, 4.69) is 4.98 Å². The molecule has 0 radical (unpaired) electrons. The Morgan fingerprint density at radius 3 is 2.90 bits per heavy atom. The molecule has 0 saturated heterocycles. The summed E-state index contributed by atoms with van der Waals surface area (Å²) in [5.41, 5.74) is 6.83. The van der Waals surface area contributed by atoms with Crippen LogP contribution in [0.15, 0.2) is 45.5 Å². The van der Waals surface area contributed by atoms with E-state index in [4.69, 9.17) is 10.5 Å². The van der Waals surface area contributed by atoms with Gasteiger partial charge in [0.15, 0.2) is 0 Å². The number of aromatic amines is 1. The summed E-state index contributed by atoms with van der Waals surface area (Å²) in [5, 5.41) is 1.98. The van der Waals surface area contributed by atoms with Crippen LogP contribution in [0.25, 0.3) is 10.2 Å². The smallest absolute Gasteiger partial charge is 0.266 e. The molecule has 0 saturated carbocycles. The van der Waals surface area contributed by atoms with Gasteiger partial charge in [0.1, 0.15) is 11.4 Å². The van der Waals surface area contributed by atoms with E-state index in [-0.39, 0.29) is 0 Å². The van der Waals surface area contributed by atoms with E-state index in [1.54, 1.807) is 18.4 Å². The van der Waals surface area contributed by atoms with Crippen molar-refractivity contribution in [1.29, 1.82) is 0 Å². The number of hydrogen-bond donors (Lipinski definition) is 2. The van der Waals surface area contributed by atoms with Gasteiger partial charge in [-0.25, -0.2) is 0 Å². The van der Waals surface area contributed by atoms with Gasteiger partial charge in [-0.2, -0.15) is 0 Å². The molecule has 1 amide bonds. The molecule has 0 aliphatic carbocycles. The number of ether oxygens (including phenoxy) is 1. The van der Waals surface area contributed by atoms with Crippen molar-refractivity contribution in [3.8, 4) is 5.75 Å². The molecule has 0 aliphatic heterocycles. The molecule has 0 bridgehead atoms. The summed E-state index contributed by atoms with van der Waals surface area (Å²) in [6, 6.07) is 9.65.